The van der Waals surface area contributed by atoms with Gasteiger partial charge in [-0.05, 0) is 55.2 Å². The van der Waals surface area contributed by atoms with E-state index in [2.05, 4.69) is 15.3 Å². The van der Waals surface area contributed by atoms with Gasteiger partial charge in [0.2, 0.25) is 5.91 Å². The number of pyridine rings is 1. The summed E-state index contributed by atoms with van der Waals surface area (Å²) in [6.07, 6.45) is 3.19. The van der Waals surface area contributed by atoms with Gasteiger partial charge in [-0.3, -0.25) is 14.2 Å². The number of hydrogen-bond donors (Lipinski definition) is 1. The Bertz CT molecular complexity index is 1440. The number of hydrogen-bond acceptors (Lipinski definition) is 5. The molecule has 1 aliphatic heterocycles. The van der Waals surface area contributed by atoms with Crippen molar-refractivity contribution in [3.63, 3.8) is 0 Å². The molecule has 1 aliphatic rings. The van der Waals surface area contributed by atoms with Crippen molar-refractivity contribution in [2.45, 2.75) is 26.3 Å². The minimum atomic E-state index is -0.283. The molecule has 1 amide bonds. The van der Waals surface area contributed by atoms with Crippen molar-refractivity contribution in [2.75, 3.05) is 23.3 Å². The molecule has 1 saturated heterocycles. The zero-order valence-electron chi connectivity index (χ0n) is 19.4. The Morgan fingerprint density at radius 3 is 2.77 bits per heavy atom. The average Bonchev–Trinajstić information content (AvgIpc) is 2.88. The van der Waals surface area contributed by atoms with Crippen LogP contribution in [0.3, 0.4) is 0 Å². The maximum atomic E-state index is 13.6. The van der Waals surface area contributed by atoms with E-state index in [0.717, 1.165) is 24.0 Å². The Morgan fingerprint density at radius 2 is 1.97 bits per heavy atom. The van der Waals surface area contributed by atoms with Gasteiger partial charge < -0.3 is 10.2 Å². The number of piperidine rings is 1. The van der Waals surface area contributed by atoms with Crippen LogP contribution in [0, 0.1) is 12.8 Å². The first-order valence-corrected chi connectivity index (χ1v) is 12.1. The van der Waals surface area contributed by atoms with E-state index in [9.17, 15) is 9.59 Å². The first-order chi connectivity index (χ1) is 17.0. The summed E-state index contributed by atoms with van der Waals surface area (Å²) in [5.41, 5.74) is 3.62. The van der Waals surface area contributed by atoms with Gasteiger partial charge in [-0.1, -0.05) is 48.0 Å². The van der Waals surface area contributed by atoms with Crippen LogP contribution in [0.15, 0.2) is 71.7 Å². The van der Waals surface area contributed by atoms with Crippen molar-refractivity contribution < 1.29 is 4.79 Å². The topological polar surface area (TPSA) is 80.1 Å². The molecular formula is C27H26ClN5O2. The summed E-state index contributed by atoms with van der Waals surface area (Å²) < 4.78 is 1.67. The summed E-state index contributed by atoms with van der Waals surface area (Å²) >= 11 is 6.31. The van der Waals surface area contributed by atoms with Crippen LogP contribution in [0.2, 0.25) is 5.02 Å². The Morgan fingerprint density at radius 1 is 1.14 bits per heavy atom. The third-order valence-electron chi connectivity index (χ3n) is 6.34. The van der Waals surface area contributed by atoms with Gasteiger partial charge in [-0.2, -0.15) is 0 Å². The van der Waals surface area contributed by atoms with E-state index < -0.39 is 0 Å². The Hall–Kier alpha value is -3.71. The molecule has 0 aliphatic carbocycles. The Labute approximate surface area is 208 Å². The molecule has 4 aromatic rings. The predicted octanol–water partition coefficient (Wildman–Crippen LogP) is 4.66. The number of nitrogens with zero attached hydrogens (tertiary/aromatic N) is 4. The number of rotatable bonds is 5. The molecule has 2 aromatic heterocycles. The minimum absolute atomic E-state index is 0.104. The molecule has 8 heteroatoms. The number of aromatic nitrogens is 3. The molecule has 1 fully saturated rings. The molecule has 35 heavy (non-hydrogen) atoms. The van der Waals surface area contributed by atoms with Crippen molar-refractivity contribution in [3.05, 3.63) is 93.4 Å². The van der Waals surface area contributed by atoms with Crippen LogP contribution in [0.1, 0.15) is 24.0 Å². The molecule has 0 saturated carbocycles. The lowest BCUT2D eigenvalue weighted by Crippen LogP contribution is -2.44. The van der Waals surface area contributed by atoms with Gasteiger partial charge >= 0.3 is 0 Å². The quantitative estimate of drug-likeness (QED) is 0.443. The highest BCUT2D eigenvalue weighted by molar-refractivity contribution is 6.33. The molecule has 3 heterocycles. The van der Waals surface area contributed by atoms with Crippen molar-refractivity contribution >= 4 is 40.2 Å². The lowest BCUT2D eigenvalue weighted by molar-refractivity contribution is -0.120. The van der Waals surface area contributed by atoms with Crippen molar-refractivity contribution in [1.82, 2.24) is 14.5 Å². The fourth-order valence-electron chi connectivity index (χ4n) is 4.52. The summed E-state index contributed by atoms with van der Waals surface area (Å²) in [5.74, 6) is -0.0330. The number of amides is 1. The third-order valence-corrected chi connectivity index (χ3v) is 6.65. The van der Waals surface area contributed by atoms with Crippen molar-refractivity contribution in [2.24, 2.45) is 5.92 Å². The van der Waals surface area contributed by atoms with Crippen molar-refractivity contribution in [3.8, 4) is 0 Å². The van der Waals surface area contributed by atoms with E-state index >= 15 is 0 Å². The second-order valence-electron chi connectivity index (χ2n) is 8.92. The summed E-state index contributed by atoms with van der Waals surface area (Å²) in [7, 11) is 0. The lowest BCUT2D eigenvalue weighted by Gasteiger charge is -2.32. The summed E-state index contributed by atoms with van der Waals surface area (Å²) in [4.78, 5) is 37.8. The number of benzene rings is 2. The highest BCUT2D eigenvalue weighted by Crippen LogP contribution is 2.26. The Balaban J connectivity index is 1.44. The standard InChI is InChI=1S/C27H26ClN5O2/c1-18-11-12-22(21(28)15-18)31-26(34)20-9-6-14-32(17-20)25-27(35)33(16-19-7-3-2-4-8-19)24-23(30-25)10-5-13-29-24/h2-5,7-8,10-13,15,20H,6,9,14,16-17H2,1H3,(H,31,34)/t20-/m1/s1. The molecular weight excluding hydrogens is 462 g/mol. The molecule has 1 N–H and O–H groups in total. The smallest absolute Gasteiger partial charge is 0.295 e. The summed E-state index contributed by atoms with van der Waals surface area (Å²) in [6.45, 7) is 3.42. The molecule has 178 valence electrons. The van der Waals surface area contributed by atoms with Crippen LogP contribution in [0.25, 0.3) is 11.2 Å². The first-order valence-electron chi connectivity index (χ1n) is 11.7. The van der Waals surface area contributed by atoms with Crippen LogP contribution in [0.4, 0.5) is 11.5 Å². The minimum Gasteiger partial charge on any atom is -0.351 e. The number of anilines is 2. The van der Waals surface area contributed by atoms with E-state index in [1.165, 1.54) is 0 Å². The largest absolute Gasteiger partial charge is 0.351 e. The number of halogens is 1. The van der Waals surface area contributed by atoms with E-state index in [1.807, 2.05) is 72.5 Å². The SMILES string of the molecule is Cc1ccc(NC(=O)[C@@H]2CCCN(c3nc4cccnc4n(Cc4ccccc4)c3=O)C2)c(Cl)c1. The number of fused-ring (bicyclic) bond motifs is 1. The number of carbonyl (C=O) groups is 1. The van der Waals surface area contributed by atoms with Gasteiger partial charge in [0, 0.05) is 19.3 Å². The fraction of sp³-hybridized carbons (Fsp3) is 0.259. The highest BCUT2D eigenvalue weighted by atomic mass is 35.5. The zero-order chi connectivity index (χ0) is 24.4. The van der Waals surface area contributed by atoms with Crippen LogP contribution >= 0.6 is 11.6 Å². The van der Waals surface area contributed by atoms with E-state index in [4.69, 9.17) is 11.6 Å². The van der Waals surface area contributed by atoms with Gasteiger partial charge in [0.25, 0.3) is 5.56 Å². The first kappa shape index (κ1) is 23.1. The molecule has 0 unspecified atom stereocenters. The third kappa shape index (κ3) is 4.91. The highest BCUT2D eigenvalue weighted by Gasteiger charge is 2.29. The molecule has 0 bridgehead atoms. The zero-order valence-corrected chi connectivity index (χ0v) is 20.2. The second-order valence-corrected chi connectivity index (χ2v) is 9.32. The maximum Gasteiger partial charge on any atom is 0.295 e. The Kier molecular flexibility index (Phi) is 6.51. The molecule has 0 spiro atoms. The number of nitrogens with one attached hydrogen (secondary N) is 1. The number of aryl methyl sites for hydroxylation is 1. The molecule has 0 radical (unpaired) electrons. The van der Waals surface area contributed by atoms with Gasteiger partial charge in [0.1, 0.15) is 5.52 Å². The van der Waals surface area contributed by atoms with E-state index in [1.54, 1.807) is 10.8 Å². The van der Waals surface area contributed by atoms with Crippen LogP contribution in [-0.2, 0) is 11.3 Å². The summed E-state index contributed by atoms with van der Waals surface area (Å²) in [5, 5.41) is 3.47. The van der Waals surface area contributed by atoms with Crippen LogP contribution in [-0.4, -0.2) is 33.5 Å². The normalized spacial score (nSPS) is 15.8. The number of carbonyl (C=O) groups excluding carboxylic acids is 1. The predicted molar refractivity (Wildman–Crippen MR) is 139 cm³/mol. The summed E-state index contributed by atoms with van der Waals surface area (Å²) in [6, 6.07) is 19.0. The van der Waals surface area contributed by atoms with E-state index in [0.29, 0.717) is 47.3 Å². The average molecular weight is 488 g/mol. The van der Waals surface area contributed by atoms with Gasteiger partial charge in [-0.25, -0.2) is 9.97 Å². The lowest BCUT2D eigenvalue weighted by atomic mass is 9.97. The second kappa shape index (κ2) is 9.88. The molecule has 2 aromatic carbocycles. The van der Waals surface area contributed by atoms with Gasteiger partial charge in [0.05, 0.1) is 23.2 Å². The van der Waals surface area contributed by atoms with Crippen LogP contribution < -0.4 is 15.8 Å². The molecule has 5 rings (SSSR count). The molecule has 7 nitrogen and oxygen atoms in total. The monoisotopic (exact) mass is 487 g/mol. The maximum absolute atomic E-state index is 13.6. The van der Waals surface area contributed by atoms with Crippen LogP contribution in [0.5, 0.6) is 0 Å². The fourth-order valence-corrected chi connectivity index (χ4v) is 4.80. The van der Waals surface area contributed by atoms with Gasteiger partial charge in [-0.15, -0.1) is 0 Å². The molecule has 1 atom stereocenters. The van der Waals surface area contributed by atoms with Crippen molar-refractivity contribution in [1.29, 1.82) is 0 Å². The van der Waals surface area contributed by atoms with E-state index in [-0.39, 0.29) is 17.4 Å². The van der Waals surface area contributed by atoms with Gasteiger partial charge in [0.15, 0.2) is 11.5 Å².